The van der Waals surface area contributed by atoms with E-state index in [1.807, 2.05) is 36.6 Å². The van der Waals surface area contributed by atoms with E-state index in [1.54, 1.807) is 0 Å². The number of azide groups is 1. The molecule has 0 saturated carbocycles. The topological polar surface area (TPSA) is 96.7 Å². The summed E-state index contributed by atoms with van der Waals surface area (Å²) in [6.07, 6.45) is -0.606. The van der Waals surface area contributed by atoms with Gasteiger partial charge in [-0.05, 0) is 11.8 Å². The van der Waals surface area contributed by atoms with Crippen molar-refractivity contribution >= 4 is 11.8 Å². The summed E-state index contributed by atoms with van der Waals surface area (Å²) >= 11 is 1.39. The Morgan fingerprint density at radius 1 is 1.32 bits per heavy atom. The van der Waals surface area contributed by atoms with Crippen molar-refractivity contribution in [1.29, 1.82) is 0 Å². The predicted molar refractivity (Wildman–Crippen MR) is 81.1 cm³/mol. The number of benzene rings is 1. The minimum atomic E-state index is -0.929. The van der Waals surface area contributed by atoms with Gasteiger partial charge in [0.15, 0.2) is 6.29 Å². The van der Waals surface area contributed by atoms with Crippen LogP contribution in [0.3, 0.4) is 0 Å². The van der Waals surface area contributed by atoms with Crippen LogP contribution in [0.1, 0.15) is 11.9 Å². The van der Waals surface area contributed by atoms with E-state index in [9.17, 15) is 5.11 Å². The number of thioether (sulfide) groups is 1. The number of hydrogen-bond donors (Lipinski definition) is 1. The molecular formula is C14H17N3O4S. The maximum Gasteiger partial charge on any atom is 0.184 e. The highest BCUT2D eigenvalue weighted by Gasteiger charge is 2.48. The van der Waals surface area contributed by atoms with Gasteiger partial charge in [0.2, 0.25) is 0 Å². The van der Waals surface area contributed by atoms with Crippen LogP contribution in [0.5, 0.6) is 0 Å². The van der Waals surface area contributed by atoms with Crippen LogP contribution < -0.4 is 0 Å². The van der Waals surface area contributed by atoms with Crippen molar-refractivity contribution in [3.8, 4) is 0 Å². The Bertz CT molecular complexity index is 554. The van der Waals surface area contributed by atoms with Crippen molar-refractivity contribution in [2.45, 2.75) is 36.1 Å². The zero-order valence-corrected chi connectivity index (χ0v) is 12.8. The predicted octanol–water partition coefficient (Wildman–Crippen LogP) is 2.23. The normalized spacial score (nSPS) is 37.9. The largest absolute Gasteiger partial charge is 0.390 e. The summed E-state index contributed by atoms with van der Waals surface area (Å²) in [5.41, 5.74) is 9.16. The van der Waals surface area contributed by atoms with Crippen LogP contribution in [0.4, 0.5) is 0 Å². The molecule has 3 unspecified atom stereocenters. The molecule has 22 heavy (non-hydrogen) atoms. The number of fused-ring (bicyclic) bond motifs is 1. The molecule has 1 aromatic rings. The van der Waals surface area contributed by atoms with Crippen LogP contribution in [0.25, 0.3) is 10.4 Å². The minimum Gasteiger partial charge on any atom is -0.390 e. The van der Waals surface area contributed by atoms with Gasteiger partial charge in [0, 0.05) is 10.5 Å². The number of ether oxygens (including phenoxy) is 3. The summed E-state index contributed by atoms with van der Waals surface area (Å²) in [7, 11) is 0. The third-order valence-electron chi connectivity index (χ3n) is 3.82. The highest BCUT2D eigenvalue weighted by Crippen LogP contribution is 2.37. The van der Waals surface area contributed by atoms with Crippen LogP contribution in [-0.2, 0) is 14.2 Å². The molecule has 118 valence electrons. The van der Waals surface area contributed by atoms with Crippen molar-refractivity contribution in [2.24, 2.45) is 5.11 Å². The molecule has 7 nitrogen and oxygen atoms in total. The van der Waals surface area contributed by atoms with E-state index in [-0.39, 0.29) is 6.10 Å². The fourth-order valence-electron chi connectivity index (χ4n) is 2.73. The Labute approximate surface area is 132 Å². The van der Waals surface area contributed by atoms with Gasteiger partial charge in [-0.15, -0.1) is 11.8 Å². The molecule has 0 aliphatic carbocycles. The van der Waals surface area contributed by atoms with E-state index in [0.717, 1.165) is 5.56 Å². The number of nitrogens with zero attached hydrogens (tertiary/aromatic N) is 3. The van der Waals surface area contributed by atoms with Crippen molar-refractivity contribution < 1.29 is 19.3 Å². The molecule has 2 heterocycles. The lowest BCUT2D eigenvalue weighted by molar-refractivity contribution is -0.305. The molecule has 2 saturated heterocycles. The Hall–Kier alpha value is -1.28. The molecule has 1 N–H and O–H groups in total. The number of aliphatic hydroxyl groups excluding tert-OH is 1. The van der Waals surface area contributed by atoms with E-state index in [0.29, 0.717) is 6.61 Å². The summed E-state index contributed by atoms with van der Waals surface area (Å²) < 4.78 is 17.4. The maximum atomic E-state index is 10.5. The number of hydrogen-bond acceptors (Lipinski definition) is 6. The monoisotopic (exact) mass is 323 g/mol. The van der Waals surface area contributed by atoms with E-state index in [2.05, 4.69) is 10.0 Å². The highest BCUT2D eigenvalue weighted by molar-refractivity contribution is 7.99. The van der Waals surface area contributed by atoms with Crippen LogP contribution in [0.15, 0.2) is 35.4 Å². The first kappa shape index (κ1) is 15.6. The van der Waals surface area contributed by atoms with Crippen molar-refractivity contribution in [2.75, 3.05) is 12.9 Å². The molecule has 0 bridgehead atoms. The third-order valence-corrected chi connectivity index (χ3v) is 4.68. The van der Waals surface area contributed by atoms with E-state index in [4.69, 9.17) is 19.7 Å². The molecule has 3 rings (SSSR count). The van der Waals surface area contributed by atoms with E-state index >= 15 is 0 Å². The standard InChI is InChI=1S/C14H17N3O4S/c1-22-14-10(16-17-15)11(18)12-9(20-14)7-19-13(21-12)8-5-3-2-4-6-8/h2-6,9-14,18H,7H2,1H3/t9?,10-,11?,12+,13?,14-/m0/s1. The average molecular weight is 323 g/mol. The van der Waals surface area contributed by atoms with Gasteiger partial charge in [-0.1, -0.05) is 35.4 Å². The number of aliphatic hydroxyl groups is 1. The molecule has 2 fully saturated rings. The number of rotatable bonds is 3. The second-order valence-corrected chi connectivity index (χ2v) is 6.08. The second-order valence-electron chi connectivity index (χ2n) is 5.14. The summed E-state index contributed by atoms with van der Waals surface area (Å²) in [4.78, 5) is 2.81. The van der Waals surface area contributed by atoms with E-state index in [1.165, 1.54) is 11.8 Å². The zero-order valence-electron chi connectivity index (χ0n) is 12.0. The summed E-state index contributed by atoms with van der Waals surface area (Å²) in [6.45, 7) is 0.321. The molecule has 0 aromatic heterocycles. The minimum absolute atomic E-state index is 0.321. The maximum absolute atomic E-state index is 10.5. The molecule has 8 heteroatoms. The quantitative estimate of drug-likeness (QED) is 0.522. The fourth-order valence-corrected chi connectivity index (χ4v) is 3.48. The molecular weight excluding hydrogens is 306 g/mol. The van der Waals surface area contributed by atoms with Crippen molar-refractivity contribution in [3.05, 3.63) is 46.3 Å². The summed E-state index contributed by atoms with van der Waals surface area (Å²) in [6, 6.07) is 8.82. The van der Waals surface area contributed by atoms with Gasteiger partial charge in [-0.2, -0.15) is 0 Å². The molecule has 2 aliphatic heterocycles. The summed E-state index contributed by atoms with van der Waals surface area (Å²) in [5, 5.41) is 14.2. The Balaban J connectivity index is 1.79. The van der Waals surface area contributed by atoms with Crippen LogP contribution >= 0.6 is 11.8 Å². The van der Waals surface area contributed by atoms with Crippen molar-refractivity contribution in [3.63, 3.8) is 0 Å². The lowest BCUT2D eigenvalue weighted by Crippen LogP contribution is -2.60. The summed E-state index contributed by atoms with van der Waals surface area (Å²) in [5.74, 6) is 0. The van der Waals surface area contributed by atoms with Gasteiger partial charge in [0.25, 0.3) is 0 Å². The van der Waals surface area contributed by atoms with Gasteiger partial charge in [0.1, 0.15) is 23.7 Å². The van der Waals surface area contributed by atoms with Gasteiger partial charge in [-0.3, -0.25) is 0 Å². The highest BCUT2D eigenvalue weighted by atomic mass is 32.2. The molecule has 1 aromatic carbocycles. The Kier molecular flexibility index (Phi) is 4.87. The first-order valence-corrected chi connectivity index (χ1v) is 8.26. The molecule has 0 radical (unpaired) electrons. The molecule has 0 spiro atoms. The fraction of sp³-hybridized carbons (Fsp3) is 0.571. The van der Waals surface area contributed by atoms with Crippen LogP contribution in [-0.4, -0.2) is 47.8 Å². The average Bonchev–Trinajstić information content (AvgIpc) is 2.58. The smallest absolute Gasteiger partial charge is 0.184 e. The molecule has 2 aliphatic rings. The Morgan fingerprint density at radius 3 is 2.77 bits per heavy atom. The SMILES string of the molecule is CS[C@@H]1OC2COC(c3ccccc3)O[C@H]2C(O)[C@@H]1N=[N+]=[N-]. The van der Waals surface area contributed by atoms with Gasteiger partial charge < -0.3 is 19.3 Å². The molecule has 0 amide bonds. The lowest BCUT2D eigenvalue weighted by Gasteiger charge is -2.46. The van der Waals surface area contributed by atoms with Gasteiger partial charge in [-0.25, -0.2) is 0 Å². The van der Waals surface area contributed by atoms with Crippen LogP contribution in [0.2, 0.25) is 0 Å². The third kappa shape index (κ3) is 2.94. The van der Waals surface area contributed by atoms with Crippen LogP contribution in [0, 0.1) is 0 Å². The Morgan fingerprint density at radius 2 is 2.09 bits per heavy atom. The van der Waals surface area contributed by atoms with Gasteiger partial charge >= 0.3 is 0 Å². The zero-order chi connectivity index (χ0) is 15.5. The van der Waals surface area contributed by atoms with Gasteiger partial charge in [0.05, 0.1) is 12.7 Å². The lowest BCUT2D eigenvalue weighted by atomic mass is 9.97. The molecule has 6 atom stereocenters. The second kappa shape index (κ2) is 6.87. The van der Waals surface area contributed by atoms with E-state index < -0.39 is 30.0 Å². The van der Waals surface area contributed by atoms with Crippen molar-refractivity contribution in [1.82, 2.24) is 0 Å². The first-order valence-electron chi connectivity index (χ1n) is 6.97. The first-order chi connectivity index (χ1) is 10.7.